The molecule has 0 aliphatic carbocycles. The molecule has 5 rings (SSSR count). The van der Waals surface area contributed by atoms with Crippen LogP contribution in [0.25, 0.3) is 22.0 Å². The number of carboxylic acids is 1. The molecule has 3 aromatic carbocycles. The van der Waals surface area contributed by atoms with Gasteiger partial charge in [0.25, 0.3) is 5.91 Å². The molecule has 1 amide bonds. The average molecular weight is 563 g/mol. The summed E-state index contributed by atoms with van der Waals surface area (Å²) in [6, 6.07) is 19.4. The van der Waals surface area contributed by atoms with Gasteiger partial charge in [0, 0.05) is 48.4 Å². The van der Waals surface area contributed by atoms with Crippen molar-refractivity contribution in [2.45, 2.75) is 26.4 Å². The smallest absolute Gasteiger partial charge is 0.336 e. The van der Waals surface area contributed by atoms with Gasteiger partial charge in [-0.25, -0.2) is 4.79 Å². The van der Waals surface area contributed by atoms with Crippen LogP contribution in [-0.4, -0.2) is 44.7 Å². The molecule has 0 saturated heterocycles. The number of amides is 1. The molecule has 0 aliphatic heterocycles. The van der Waals surface area contributed by atoms with Gasteiger partial charge in [-0.05, 0) is 71.6 Å². The van der Waals surface area contributed by atoms with Gasteiger partial charge in [0.2, 0.25) is 0 Å². The third kappa shape index (κ3) is 5.68. The number of amidine groups is 1. The summed E-state index contributed by atoms with van der Waals surface area (Å²) in [4.78, 5) is 29.6. The van der Waals surface area contributed by atoms with E-state index in [9.17, 15) is 14.7 Å². The van der Waals surface area contributed by atoms with E-state index in [1.54, 1.807) is 48.8 Å². The Kier molecular flexibility index (Phi) is 7.96. The van der Waals surface area contributed by atoms with Crippen LogP contribution in [0.2, 0.25) is 0 Å². The highest BCUT2D eigenvalue weighted by atomic mass is 16.5. The number of ether oxygens (including phenoxy) is 1. The van der Waals surface area contributed by atoms with E-state index in [0.29, 0.717) is 47.5 Å². The van der Waals surface area contributed by atoms with Gasteiger partial charge in [-0.15, -0.1) is 0 Å². The number of aromatic carboxylic acids is 1. The van der Waals surface area contributed by atoms with E-state index in [-0.39, 0.29) is 17.3 Å². The van der Waals surface area contributed by atoms with Crippen molar-refractivity contribution in [3.63, 3.8) is 0 Å². The normalized spacial score (nSPS) is 10.9. The Morgan fingerprint density at radius 3 is 2.55 bits per heavy atom. The summed E-state index contributed by atoms with van der Waals surface area (Å²) >= 11 is 0. The van der Waals surface area contributed by atoms with Crippen LogP contribution >= 0.6 is 0 Å². The number of pyridine rings is 1. The van der Waals surface area contributed by atoms with Gasteiger partial charge in [0.1, 0.15) is 11.6 Å². The quantitative estimate of drug-likeness (QED) is 0.143. The lowest BCUT2D eigenvalue weighted by Crippen LogP contribution is -2.23. The molecule has 0 fully saturated rings. The first kappa shape index (κ1) is 28.0. The molecule has 0 radical (unpaired) electrons. The Morgan fingerprint density at radius 1 is 1.05 bits per heavy atom. The first-order valence-corrected chi connectivity index (χ1v) is 13.3. The summed E-state index contributed by atoms with van der Waals surface area (Å²) in [6.07, 6.45) is 3.73. The number of hydrogen-bond acceptors (Lipinski definition) is 6. The van der Waals surface area contributed by atoms with Gasteiger partial charge in [-0.1, -0.05) is 24.3 Å². The lowest BCUT2D eigenvalue weighted by Gasteiger charge is -2.15. The predicted octanol–water partition coefficient (Wildman–Crippen LogP) is 4.63. The summed E-state index contributed by atoms with van der Waals surface area (Å²) in [5.74, 6) is -1.02. The Balaban J connectivity index is 1.60. The van der Waals surface area contributed by atoms with E-state index < -0.39 is 5.97 Å². The lowest BCUT2D eigenvalue weighted by molar-refractivity contribution is 0.0697. The molecule has 5 aromatic rings. The summed E-state index contributed by atoms with van der Waals surface area (Å²) in [5, 5.41) is 26.5. The minimum absolute atomic E-state index is 0.0253. The second-order valence-electron chi connectivity index (χ2n) is 9.72. The SMILES string of the molecule is CCn1nc(Cc2ccc(C(=O)NCc3cccnc3)cc2-c2ccc(OC)cc2C(=O)O)c2ccc(C(=N)N)cc21. The zero-order chi connectivity index (χ0) is 29.8. The number of nitrogens with one attached hydrogen (secondary N) is 2. The molecule has 42 heavy (non-hydrogen) atoms. The molecule has 0 bridgehead atoms. The van der Waals surface area contributed by atoms with E-state index in [0.717, 1.165) is 27.7 Å². The molecule has 2 aromatic heterocycles. The summed E-state index contributed by atoms with van der Waals surface area (Å²) < 4.78 is 7.13. The van der Waals surface area contributed by atoms with Crippen molar-refractivity contribution in [2.24, 2.45) is 5.73 Å². The number of methoxy groups -OCH3 is 1. The number of nitrogen functional groups attached to an aromatic ring is 1. The van der Waals surface area contributed by atoms with Crippen molar-refractivity contribution < 1.29 is 19.4 Å². The summed E-state index contributed by atoms with van der Waals surface area (Å²) in [7, 11) is 1.48. The molecule has 0 atom stereocenters. The van der Waals surface area contributed by atoms with Gasteiger partial charge < -0.3 is 20.9 Å². The number of fused-ring (bicyclic) bond motifs is 1. The Morgan fingerprint density at radius 2 is 1.86 bits per heavy atom. The maximum absolute atomic E-state index is 13.2. The van der Waals surface area contributed by atoms with Crippen molar-refractivity contribution in [3.8, 4) is 16.9 Å². The van der Waals surface area contributed by atoms with Gasteiger partial charge in [0.05, 0.1) is 23.9 Å². The van der Waals surface area contributed by atoms with Crippen LogP contribution in [0.15, 0.2) is 79.1 Å². The fourth-order valence-electron chi connectivity index (χ4n) is 4.93. The largest absolute Gasteiger partial charge is 0.497 e. The average Bonchev–Trinajstić information content (AvgIpc) is 3.36. The van der Waals surface area contributed by atoms with Crippen LogP contribution in [0.3, 0.4) is 0 Å². The second-order valence-corrected chi connectivity index (χ2v) is 9.72. The van der Waals surface area contributed by atoms with Gasteiger partial charge in [-0.3, -0.25) is 19.9 Å². The molecule has 0 spiro atoms. The first-order chi connectivity index (χ1) is 20.3. The molecule has 0 unspecified atom stereocenters. The number of rotatable bonds is 10. The zero-order valence-corrected chi connectivity index (χ0v) is 23.2. The number of carbonyl (C=O) groups excluding carboxylic acids is 1. The minimum atomic E-state index is -1.11. The van der Waals surface area contributed by atoms with Crippen LogP contribution in [-0.2, 0) is 19.5 Å². The number of aromatic nitrogens is 3. The molecule has 0 saturated carbocycles. The third-order valence-electron chi connectivity index (χ3n) is 7.09. The van der Waals surface area contributed by atoms with E-state index >= 15 is 0 Å². The molecular weight excluding hydrogens is 532 g/mol. The molecule has 212 valence electrons. The van der Waals surface area contributed by atoms with Crippen molar-refractivity contribution in [1.82, 2.24) is 20.1 Å². The number of carbonyl (C=O) groups is 2. The third-order valence-corrected chi connectivity index (χ3v) is 7.09. The molecule has 5 N–H and O–H groups in total. The van der Waals surface area contributed by atoms with Crippen molar-refractivity contribution >= 4 is 28.6 Å². The van der Waals surface area contributed by atoms with Crippen LogP contribution in [0.5, 0.6) is 5.75 Å². The van der Waals surface area contributed by atoms with Gasteiger partial charge >= 0.3 is 5.97 Å². The fourth-order valence-corrected chi connectivity index (χ4v) is 4.93. The fraction of sp³-hybridized carbons (Fsp3) is 0.156. The topological polar surface area (TPSA) is 156 Å². The van der Waals surface area contributed by atoms with E-state index in [1.807, 2.05) is 35.9 Å². The Labute approximate surface area is 242 Å². The van der Waals surface area contributed by atoms with Gasteiger partial charge in [0.15, 0.2) is 0 Å². The van der Waals surface area contributed by atoms with Crippen LogP contribution in [0, 0.1) is 5.41 Å². The van der Waals surface area contributed by atoms with Crippen LogP contribution in [0.1, 0.15) is 50.0 Å². The summed E-state index contributed by atoms with van der Waals surface area (Å²) in [5.41, 5.74) is 11.1. The molecule has 10 nitrogen and oxygen atoms in total. The maximum atomic E-state index is 13.2. The number of nitrogens with zero attached hydrogens (tertiary/aromatic N) is 3. The second kappa shape index (κ2) is 11.9. The highest BCUT2D eigenvalue weighted by Gasteiger charge is 2.20. The van der Waals surface area contributed by atoms with Crippen molar-refractivity contribution in [3.05, 3.63) is 113 Å². The standard InChI is InChI=1S/C32H30N6O4/c1-3-38-29-15-21(30(33)34)8-10-25(29)28(37-38)14-20-6-7-22(31(39)36-18-19-5-4-12-35-17-19)13-26(20)24-11-9-23(42-2)16-27(24)32(40)41/h4-13,15-17H,3,14,18H2,1-2H3,(H3,33,34)(H,36,39)(H,40,41). The van der Waals surface area contributed by atoms with E-state index in [2.05, 4.69) is 10.3 Å². The first-order valence-electron chi connectivity index (χ1n) is 13.3. The lowest BCUT2D eigenvalue weighted by atomic mass is 9.90. The number of benzene rings is 3. The summed E-state index contributed by atoms with van der Waals surface area (Å²) in [6.45, 7) is 2.90. The van der Waals surface area contributed by atoms with Crippen molar-refractivity contribution in [1.29, 1.82) is 5.41 Å². The number of carboxylic acid groups (broad SMARTS) is 1. The molecule has 2 heterocycles. The number of aryl methyl sites for hydroxylation is 1. The van der Waals surface area contributed by atoms with Crippen LogP contribution < -0.4 is 15.8 Å². The number of nitrogens with two attached hydrogens (primary N) is 1. The van der Waals surface area contributed by atoms with Gasteiger partial charge in [-0.2, -0.15) is 5.10 Å². The molecule has 0 aliphatic rings. The minimum Gasteiger partial charge on any atom is -0.497 e. The van der Waals surface area contributed by atoms with Crippen molar-refractivity contribution in [2.75, 3.05) is 7.11 Å². The number of hydrogen-bond donors (Lipinski definition) is 4. The zero-order valence-electron chi connectivity index (χ0n) is 23.2. The highest BCUT2D eigenvalue weighted by Crippen LogP contribution is 2.33. The predicted molar refractivity (Wildman–Crippen MR) is 160 cm³/mol. The van der Waals surface area contributed by atoms with E-state index in [1.165, 1.54) is 13.2 Å². The molecular formula is C32H30N6O4. The monoisotopic (exact) mass is 562 g/mol. The van der Waals surface area contributed by atoms with E-state index in [4.69, 9.17) is 21.0 Å². The Hall–Kier alpha value is -5.51. The molecule has 10 heteroatoms. The Bertz CT molecular complexity index is 1810. The highest BCUT2D eigenvalue weighted by molar-refractivity contribution is 6.01. The van der Waals surface area contributed by atoms with Crippen LogP contribution in [0.4, 0.5) is 0 Å². The maximum Gasteiger partial charge on any atom is 0.336 e.